The SMILES string of the molecule is CCCCCC(OO)C1CC(/C=C/C2C(CCCC(=O)O[C@H]3CC[C@@]4(C)C(=CC[C@H]5[C@@H]6CC[C@H]([C@H](C)CCCC(C)C)[C@@]6(C)CC[C@@H]54)C3)[C@@H]3C[C@H]2OO3)OO1. The molecule has 6 fully saturated rings. The van der Waals surface area contributed by atoms with Crippen LogP contribution in [-0.4, -0.2) is 47.9 Å². The number of unbranched alkanes of at least 4 members (excludes halogenated alkanes) is 2. The second kappa shape index (κ2) is 18.3. The zero-order valence-electron chi connectivity index (χ0n) is 35.3. The van der Waals surface area contributed by atoms with Gasteiger partial charge >= 0.3 is 5.97 Å². The molecule has 1 N–H and O–H groups in total. The van der Waals surface area contributed by atoms with Gasteiger partial charge in [-0.3, -0.25) is 10.1 Å². The summed E-state index contributed by atoms with van der Waals surface area (Å²) in [5.74, 6) is 5.47. The van der Waals surface area contributed by atoms with Crippen LogP contribution >= 0.6 is 0 Å². The van der Waals surface area contributed by atoms with Gasteiger partial charge in [0, 0.05) is 31.6 Å². The fraction of sp³-hybridized carbons (Fsp3) is 0.894. The molecule has 0 spiro atoms. The van der Waals surface area contributed by atoms with Gasteiger partial charge in [0.1, 0.15) is 30.5 Å². The minimum atomic E-state index is -0.381. The molecule has 2 saturated heterocycles. The lowest BCUT2D eigenvalue weighted by Crippen LogP contribution is -2.51. The van der Waals surface area contributed by atoms with E-state index in [1.165, 1.54) is 51.4 Å². The van der Waals surface area contributed by atoms with Gasteiger partial charge in [0.15, 0.2) is 0 Å². The van der Waals surface area contributed by atoms with Gasteiger partial charge in [0.2, 0.25) is 0 Å². The van der Waals surface area contributed by atoms with Crippen LogP contribution in [-0.2, 0) is 34.0 Å². The van der Waals surface area contributed by atoms with E-state index < -0.39 is 0 Å². The Morgan fingerprint density at radius 2 is 1.75 bits per heavy atom. The highest BCUT2D eigenvalue weighted by molar-refractivity contribution is 5.69. The highest BCUT2D eigenvalue weighted by atomic mass is 17.2. The summed E-state index contributed by atoms with van der Waals surface area (Å²) in [5.41, 5.74) is 2.36. The van der Waals surface area contributed by atoms with E-state index in [1.54, 1.807) is 5.57 Å². The van der Waals surface area contributed by atoms with Gasteiger partial charge in [0.05, 0.1) is 6.10 Å². The molecule has 55 heavy (non-hydrogen) atoms. The van der Waals surface area contributed by atoms with Crippen molar-refractivity contribution in [1.29, 1.82) is 0 Å². The Morgan fingerprint density at radius 3 is 2.55 bits per heavy atom. The number of allylic oxidation sites excluding steroid dienone is 1. The topological polar surface area (TPSA) is 92.7 Å². The Morgan fingerprint density at radius 1 is 0.909 bits per heavy atom. The fourth-order valence-electron chi connectivity index (χ4n) is 13.5. The highest BCUT2D eigenvalue weighted by Gasteiger charge is 2.59. The third kappa shape index (κ3) is 9.00. The van der Waals surface area contributed by atoms with E-state index in [-0.39, 0.29) is 53.9 Å². The molecule has 7 rings (SSSR count). The van der Waals surface area contributed by atoms with E-state index in [4.69, 9.17) is 29.2 Å². The van der Waals surface area contributed by atoms with Gasteiger partial charge in [-0.05, 0) is 116 Å². The highest BCUT2D eigenvalue weighted by Crippen LogP contribution is 2.67. The van der Waals surface area contributed by atoms with Crippen LogP contribution in [0, 0.1) is 58.2 Å². The average molecular weight is 769 g/mol. The quantitative estimate of drug-likeness (QED) is 0.0484. The standard InChI is InChI=1S/C47H76O8/c1-7-8-9-15-41(51-49)44-28-34(52-55-44)18-20-36-35(42-29-43(36)54-53-42)14-11-16-45(48)50-33-23-25-46(5)32(27-33)17-19-37-39-22-21-38(31(4)13-10-12-30(2)3)47(39,6)26-24-40(37)46/h17-18,20,30-31,33-44,49H,7-16,19,21-29H2,1-6H3/b20-18+/t31-,33+,34?,35?,36?,37+,38-,39+,40+,41?,42+,43-,44?,46+,47-/m1/s1. The summed E-state index contributed by atoms with van der Waals surface area (Å²) in [4.78, 5) is 40.5. The second-order valence-corrected chi connectivity index (χ2v) is 20.3. The summed E-state index contributed by atoms with van der Waals surface area (Å²) < 4.78 is 6.22. The van der Waals surface area contributed by atoms with Gasteiger partial charge in [-0.1, -0.05) is 104 Å². The summed E-state index contributed by atoms with van der Waals surface area (Å²) in [6.07, 6.45) is 27.8. The number of rotatable bonds is 18. The van der Waals surface area contributed by atoms with Crippen molar-refractivity contribution in [3.05, 3.63) is 23.8 Å². The van der Waals surface area contributed by atoms with Crippen molar-refractivity contribution in [2.75, 3.05) is 0 Å². The molecule has 8 heteroatoms. The molecule has 5 aliphatic carbocycles. The first-order chi connectivity index (χ1) is 26.5. The third-order valence-electron chi connectivity index (χ3n) is 16.6. The van der Waals surface area contributed by atoms with Gasteiger partial charge in [-0.15, -0.1) is 0 Å². The fourth-order valence-corrected chi connectivity index (χ4v) is 13.5. The summed E-state index contributed by atoms with van der Waals surface area (Å²) in [5, 5.41) is 9.45. The first-order valence-corrected chi connectivity index (χ1v) is 23.1. The van der Waals surface area contributed by atoms with Crippen molar-refractivity contribution in [2.45, 2.75) is 207 Å². The number of esters is 1. The van der Waals surface area contributed by atoms with Crippen molar-refractivity contribution in [1.82, 2.24) is 0 Å². The number of hydrogen-bond acceptors (Lipinski definition) is 8. The minimum absolute atomic E-state index is 0.00891. The molecule has 0 aromatic rings. The Hall–Kier alpha value is -1.29. The van der Waals surface area contributed by atoms with E-state index in [0.29, 0.717) is 24.2 Å². The van der Waals surface area contributed by atoms with Gasteiger partial charge in [-0.25, -0.2) is 24.4 Å². The van der Waals surface area contributed by atoms with Crippen molar-refractivity contribution in [3.63, 3.8) is 0 Å². The molecular formula is C47H76O8. The monoisotopic (exact) mass is 769 g/mol. The predicted molar refractivity (Wildman–Crippen MR) is 213 cm³/mol. The minimum Gasteiger partial charge on any atom is -0.462 e. The molecule has 2 bridgehead atoms. The number of carbonyl (C=O) groups excluding carboxylic acids is 1. The number of hydrogen-bond donors (Lipinski definition) is 1. The predicted octanol–water partition coefficient (Wildman–Crippen LogP) is 11.5. The molecule has 0 amide bonds. The van der Waals surface area contributed by atoms with Gasteiger partial charge < -0.3 is 4.74 Å². The lowest BCUT2D eigenvalue weighted by molar-refractivity contribution is -0.349. The van der Waals surface area contributed by atoms with Gasteiger partial charge in [-0.2, -0.15) is 0 Å². The lowest BCUT2D eigenvalue weighted by atomic mass is 9.47. The van der Waals surface area contributed by atoms with E-state index in [0.717, 1.165) is 99.7 Å². The van der Waals surface area contributed by atoms with Crippen LogP contribution in [0.2, 0.25) is 0 Å². The number of ether oxygens (including phenoxy) is 1. The Kier molecular flexibility index (Phi) is 13.9. The average Bonchev–Trinajstić information content (AvgIpc) is 3.97. The van der Waals surface area contributed by atoms with Crippen molar-refractivity contribution >= 4 is 5.97 Å². The van der Waals surface area contributed by atoms with Crippen LogP contribution in [0.25, 0.3) is 0 Å². The molecule has 7 aliphatic rings. The van der Waals surface area contributed by atoms with Crippen LogP contribution in [0.15, 0.2) is 23.8 Å². The van der Waals surface area contributed by atoms with E-state index >= 15 is 0 Å². The molecule has 2 heterocycles. The van der Waals surface area contributed by atoms with Crippen LogP contribution in [0.3, 0.4) is 0 Å². The maximum atomic E-state index is 13.3. The van der Waals surface area contributed by atoms with Crippen molar-refractivity contribution in [2.24, 2.45) is 58.2 Å². The van der Waals surface area contributed by atoms with Crippen LogP contribution in [0.1, 0.15) is 170 Å². The molecule has 312 valence electrons. The van der Waals surface area contributed by atoms with Crippen LogP contribution in [0.5, 0.6) is 0 Å². The Labute approximate surface area is 333 Å². The number of carbonyl (C=O) groups is 1. The molecule has 5 unspecified atom stereocenters. The largest absolute Gasteiger partial charge is 0.462 e. The lowest BCUT2D eigenvalue weighted by Gasteiger charge is -2.58. The Bertz CT molecular complexity index is 1330. The molecule has 0 aromatic heterocycles. The third-order valence-corrected chi connectivity index (χ3v) is 16.6. The molecule has 0 radical (unpaired) electrons. The zero-order valence-corrected chi connectivity index (χ0v) is 35.3. The summed E-state index contributed by atoms with van der Waals surface area (Å²) >= 11 is 0. The first kappa shape index (κ1) is 41.9. The van der Waals surface area contributed by atoms with E-state index in [2.05, 4.69) is 59.8 Å². The smallest absolute Gasteiger partial charge is 0.306 e. The summed E-state index contributed by atoms with van der Waals surface area (Å²) in [6, 6.07) is 0. The van der Waals surface area contributed by atoms with Crippen molar-refractivity contribution in [3.8, 4) is 0 Å². The van der Waals surface area contributed by atoms with E-state index in [9.17, 15) is 10.1 Å². The molecule has 0 aromatic carbocycles. The summed E-state index contributed by atoms with van der Waals surface area (Å²) in [6.45, 7) is 14.7. The normalized spacial score (nSPS) is 42.0. The molecule has 2 aliphatic heterocycles. The van der Waals surface area contributed by atoms with E-state index in [1.807, 2.05) is 0 Å². The van der Waals surface area contributed by atoms with Crippen LogP contribution < -0.4 is 0 Å². The molecular weight excluding hydrogens is 693 g/mol. The number of fused-ring (bicyclic) bond motifs is 7. The second-order valence-electron chi connectivity index (χ2n) is 20.3. The Balaban J connectivity index is 0.866. The summed E-state index contributed by atoms with van der Waals surface area (Å²) in [7, 11) is 0. The van der Waals surface area contributed by atoms with Crippen LogP contribution in [0.4, 0.5) is 0 Å². The van der Waals surface area contributed by atoms with Gasteiger partial charge in [0.25, 0.3) is 0 Å². The maximum absolute atomic E-state index is 13.3. The van der Waals surface area contributed by atoms with Crippen molar-refractivity contribution < 1.29 is 39.2 Å². The molecule has 4 saturated carbocycles. The maximum Gasteiger partial charge on any atom is 0.306 e. The molecule has 8 nitrogen and oxygen atoms in total. The molecule has 15 atom stereocenters. The zero-order chi connectivity index (χ0) is 38.7. The first-order valence-electron chi connectivity index (χ1n) is 23.1.